The topological polar surface area (TPSA) is 44.9 Å². The molecule has 3 heterocycles. The van der Waals surface area contributed by atoms with Crippen LogP contribution in [0.25, 0.3) is 44.4 Å². The second-order valence-corrected chi connectivity index (χ2v) is 11.5. The molecule has 0 aliphatic rings. The van der Waals surface area contributed by atoms with Gasteiger partial charge in [-0.3, -0.25) is 4.57 Å². The molecule has 44 heavy (non-hydrogen) atoms. The fourth-order valence-electron chi connectivity index (χ4n) is 6.66. The van der Waals surface area contributed by atoms with Crippen LogP contribution in [0, 0.1) is 20.8 Å². The molecule has 4 aromatic carbocycles. The number of pyridine rings is 1. The highest BCUT2D eigenvalue weighted by Crippen LogP contribution is 2.36. The van der Waals surface area contributed by atoms with Crippen LogP contribution in [0.1, 0.15) is 41.7 Å². The standard InChI is InChI=1S/C39H36N4O/c1-6-32-26(4)20-27(5)33(7-2)39(32)28-23-41-42(24-28)29-11-10-12-30(21-29)44-31-15-16-35-34-13-8-9-14-36(34)43(37(35)22-31)38-19-25(3)17-18-40-38/h8-24H,6-7H2,1-5H3. The average molecular weight is 577 g/mol. The summed E-state index contributed by atoms with van der Waals surface area (Å²) in [6.07, 6.45) is 7.99. The third-order valence-corrected chi connectivity index (χ3v) is 8.66. The van der Waals surface area contributed by atoms with Gasteiger partial charge in [0.1, 0.15) is 17.3 Å². The number of aromatic nitrogens is 4. The molecular weight excluding hydrogens is 540 g/mol. The first-order valence-corrected chi connectivity index (χ1v) is 15.4. The van der Waals surface area contributed by atoms with Crippen molar-refractivity contribution in [3.8, 4) is 34.1 Å². The molecule has 0 N–H and O–H groups in total. The maximum Gasteiger partial charge on any atom is 0.137 e. The maximum atomic E-state index is 6.48. The van der Waals surface area contributed by atoms with Crippen molar-refractivity contribution in [2.75, 3.05) is 0 Å². The smallest absolute Gasteiger partial charge is 0.137 e. The summed E-state index contributed by atoms with van der Waals surface area (Å²) in [4.78, 5) is 4.71. The largest absolute Gasteiger partial charge is 0.457 e. The first kappa shape index (κ1) is 27.7. The minimum atomic E-state index is 0.755. The summed E-state index contributed by atoms with van der Waals surface area (Å²) in [7, 11) is 0. The van der Waals surface area contributed by atoms with E-state index in [4.69, 9.17) is 14.8 Å². The molecule has 218 valence electrons. The number of aryl methyl sites for hydroxylation is 3. The van der Waals surface area contributed by atoms with E-state index >= 15 is 0 Å². The van der Waals surface area contributed by atoms with Gasteiger partial charge in [0, 0.05) is 40.9 Å². The van der Waals surface area contributed by atoms with Crippen molar-refractivity contribution < 1.29 is 4.74 Å². The molecule has 0 spiro atoms. The molecule has 0 bridgehead atoms. The fraction of sp³-hybridized carbons (Fsp3) is 0.179. The summed E-state index contributed by atoms with van der Waals surface area (Å²) in [5.74, 6) is 2.42. The lowest BCUT2D eigenvalue weighted by molar-refractivity contribution is 0.483. The zero-order valence-corrected chi connectivity index (χ0v) is 25.9. The van der Waals surface area contributed by atoms with E-state index in [1.54, 1.807) is 0 Å². The third-order valence-electron chi connectivity index (χ3n) is 8.66. The summed E-state index contributed by atoms with van der Waals surface area (Å²) in [6.45, 7) is 11.0. The first-order valence-electron chi connectivity index (χ1n) is 15.4. The molecule has 3 aromatic heterocycles. The van der Waals surface area contributed by atoms with Crippen LogP contribution >= 0.6 is 0 Å². The molecule has 7 aromatic rings. The minimum absolute atomic E-state index is 0.755. The van der Waals surface area contributed by atoms with E-state index in [-0.39, 0.29) is 0 Å². The molecule has 0 aliphatic carbocycles. The van der Waals surface area contributed by atoms with Gasteiger partial charge in [-0.15, -0.1) is 0 Å². The van der Waals surface area contributed by atoms with Crippen molar-refractivity contribution in [1.29, 1.82) is 0 Å². The van der Waals surface area contributed by atoms with E-state index in [1.807, 2.05) is 47.4 Å². The van der Waals surface area contributed by atoms with E-state index in [0.29, 0.717) is 0 Å². The number of hydrogen-bond acceptors (Lipinski definition) is 3. The van der Waals surface area contributed by atoms with Gasteiger partial charge in [0.15, 0.2) is 0 Å². The number of para-hydroxylation sites is 1. The Balaban J connectivity index is 1.25. The van der Waals surface area contributed by atoms with E-state index in [0.717, 1.165) is 52.4 Å². The van der Waals surface area contributed by atoms with Crippen molar-refractivity contribution in [1.82, 2.24) is 19.3 Å². The van der Waals surface area contributed by atoms with E-state index in [9.17, 15) is 0 Å². The summed E-state index contributed by atoms with van der Waals surface area (Å²) >= 11 is 0. The van der Waals surface area contributed by atoms with Crippen LogP contribution in [0.4, 0.5) is 0 Å². The van der Waals surface area contributed by atoms with Gasteiger partial charge in [-0.2, -0.15) is 5.10 Å². The molecule has 0 saturated heterocycles. The van der Waals surface area contributed by atoms with Gasteiger partial charge in [0.25, 0.3) is 0 Å². The Hall–Kier alpha value is -5.16. The highest BCUT2D eigenvalue weighted by Gasteiger charge is 2.17. The fourth-order valence-corrected chi connectivity index (χ4v) is 6.66. The predicted molar refractivity (Wildman–Crippen MR) is 181 cm³/mol. The molecule has 5 nitrogen and oxygen atoms in total. The van der Waals surface area contributed by atoms with Crippen molar-refractivity contribution in [3.63, 3.8) is 0 Å². The van der Waals surface area contributed by atoms with Gasteiger partial charge in [-0.05, 0) is 109 Å². The Kier molecular flexibility index (Phi) is 7.01. The highest BCUT2D eigenvalue weighted by atomic mass is 16.5. The molecule has 0 atom stereocenters. The number of rotatable bonds is 7. The molecule has 7 rings (SSSR count). The van der Waals surface area contributed by atoms with Gasteiger partial charge < -0.3 is 4.74 Å². The van der Waals surface area contributed by atoms with Gasteiger partial charge in [-0.1, -0.05) is 44.2 Å². The van der Waals surface area contributed by atoms with Crippen molar-refractivity contribution >= 4 is 21.8 Å². The molecule has 5 heteroatoms. The lowest BCUT2D eigenvalue weighted by atomic mass is 9.87. The molecule has 0 radical (unpaired) electrons. The van der Waals surface area contributed by atoms with Crippen LogP contribution < -0.4 is 4.74 Å². The summed E-state index contributed by atoms with van der Waals surface area (Å²) < 4.78 is 10.6. The Morgan fingerprint density at radius 2 is 1.45 bits per heavy atom. The lowest BCUT2D eigenvalue weighted by Crippen LogP contribution is -2.00. The van der Waals surface area contributed by atoms with Crippen LogP contribution in [-0.4, -0.2) is 19.3 Å². The number of fused-ring (bicyclic) bond motifs is 3. The van der Waals surface area contributed by atoms with Crippen molar-refractivity contribution in [2.45, 2.75) is 47.5 Å². The monoisotopic (exact) mass is 576 g/mol. The molecule has 0 amide bonds. The molecule has 0 unspecified atom stereocenters. The lowest BCUT2D eigenvalue weighted by Gasteiger charge is -2.17. The van der Waals surface area contributed by atoms with Crippen LogP contribution in [0.2, 0.25) is 0 Å². The Bertz CT molecular complexity index is 2140. The van der Waals surface area contributed by atoms with Gasteiger partial charge in [0.2, 0.25) is 0 Å². The summed E-state index contributed by atoms with van der Waals surface area (Å²) in [6, 6.07) is 29.3. The van der Waals surface area contributed by atoms with E-state index in [1.165, 1.54) is 44.2 Å². The third kappa shape index (κ3) is 4.75. The number of nitrogens with zero attached hydrogens (tertiary/aromatic N) is 4. The van der Waals surface area contributed by atoms with Crippen molar-refractivity contribution in [2.24, 2.45) is 0 Å². The van der Waals surface area contributed by atoms with Crippen molar-refractivity contribution in [3.05, 3.63) is 131 Å². The quantitative estimate of drug-likeness (QED) is 0.190. The first-order chi connectivity index (χ1) is 21.4. The zero-order valence-electron chi connectivity index (χ0n) is 25.9. The molecular formula is C39H36N4O. The Morgan fingerprint density at radius 3 is 2.23 bits per heavy atom. The second-order valence-electron chi connectivity index (χ2n) is 11.5. The molecule has 0 fully saturated rings. The van der Waals surface area contributed by atoms with Crippen LogP contribution in [-0.2, 0) is 12.8 Å². The summed E-state index contributed by atoms with van der Waals surface area (Å²) in [5, 5.41) is 7.14. The highest BCUT2D eigenvalue weighted by molar-refractivity contribution is 6.09. The SMILES string of the molecule is CCc1c(C)cc(C)c(CC)c1-c1cnn(-c2cccc(Oc3ccc4c5ccccc5n(-c5cc(C)ccn5)c4c3)c2)c1. The predicted octanol–water partition coefficient (Wildman–Crippen LogP) is 9.87. The number of hydrogen-bond donors (Lipinski definition) is 0. The summed E-state index contributed by atoms with van der Waals surface area (Å²) in [5.41, 5.74) is 12.3. The van der Waals surface area contributed by atoms with Gasteiger partial charge >= 0.3 is 0 Å². The second kappa shape index (κ2) is 11.2. The average Bonchev–Trinajstić information content (AvgIpc) is 3.64. The van der Waals surface area contributed by atoms with E-state index < -0.39 is 0 Å². The van der Waals surface area contributed by atoms with Crippen LogP contribution in [0.15, 0.2) is 104 Å². The zero-order chi connectivity index (χ0) is 30.4. The van der Waals surface area contributed by atoms with Gasteiger partial charge in [0.05, 0.1) is 22.9 Å². The molecule has 0 aliphatic heterocycles. The van der Waals surface area contributed by atoms with Crippen LogP contribution in [0.5, 0.6) is 11.5 Å². The normalized spacial score (nSPS) is 11.5. The maximum absolute atomic E-state index is 6.48. The van der Waals surface area contributed by atoms with Crippen LogP contribution in [0.3, 0.4) is 0 Å². The van der Waals surface area contributed by atoms with Gasteiger partial charge in [-0.25, -0.2) is 9.67 Å². The number of ether oxygens (including phenoxy) is 1. The minimum Gasteiger partial charge on any atom is -0.457 e. The Morgan fingerprint density at radius 1 is 0.705 bits per heavy atom. The molecule has 0 saturated carbocycles. The van der Waals surface area contributed by atoms with E-state index in [2.05, 4.69) is 100.0 Å². The number of benzene rings is 4. The Labute approximate surface area is 258 Å².